The van der Waals surface area contributed by atoms with Gasteiger partial charge < -0.3 is 10.8 Å². The summed E-state index contributed by atoms with van der Waals surface area (Å²) >= 11 is 0. The van der Waals surface area contributed by atoms with Gasteiger partial charge in [0.1, 0.15) is 0 Å². The van der Waals surface area contributed by atoms with Crippen LogP contribution in [0.5, 0.6) is 0 Å². The number of nitrogens with two attached hydrogens (primary N) is 1. The second-order valence-electron chi connectivity index (χ2n) is 5.25. The number of hydrogen-bond acceptors (Lipinski definition) is 2. The Labute approximate surface area is 98.5 Å². The van der Waals surface area contributed by atoms with E-state index in [1.165, 1.54) is 16.7 Å². The Kier molecular flexibility index (Phi) is 4.11. The minimum atomic E-state index is -0.304. The summed E-state index contributed by atoms with van der Waals surface area (Å²) in [5.74, 6) is 0.206. The zero-order chi connectivity index (χ0) is 12.3. The lowest BCUT2D eigenvalue weighted by molar-refractivity contribution is 0.250. The Morgan fingerprint density at radius 3 is 2.44 bits per heavy atom. The standard InChI is InChI=1S/C14H23NO/c1-10-5-6-11(2)12(9-10)13(7-8-16)14(3,4)15/h5-6,9,13,16H,7-8,15H2,1-4H3. The first kappa shape index (κ1) is 13.2. The molecule has 0 amide bonds. The maximum absolute atomic E-state index is 9.17. The van der Waals surface area contributed by atoms with E-state index in [4.69, 9.17) is 10.8 Å². The first-order valence-corrected chi connectivity index (χ1v) is 5.83. The normalized spacial score (nSPS) is 13.9. The van der Waals surface area contributed by atoms with Crippen molar-refractivity contribution in [1.82, 2.24) is 0 Å². The van der Waals surface area contributed by atoms with Crippen molar-refractivity contribution >= 4 is 0 Å². The van der Waals surface area contributed by atoms with Gasteiger partial charge in [-0.2, -0.15) is 0 Å². The smallest absolute Gasteiger partial charge is 0.0437 e. The molecule has 16 heavy (non-hydrogen) atoms. The Balaban J connectivity index is 3.15. The lowest BCUT2D eigenvalue weighted by atomic mass is 9.78. The molecule has 1 atom stereocenters. The van der Waals surface area contributed by atoms with Crippen molar-refractivity contribution in [1.29, 1.82) is 0 Å². The molecule has 0 spiro atoms. The Hall–Kier alpha value is -0.860. The summed E-state index contributed by atoms with van der Waals surface area (Å²) < 4.78 is 0. The van der Waals surface area contributed by atoms with Crippen LogP contribution in [-0.2, 0) is 0 Å². The maximum Gasteiger partial charge on any atom is 0.0437 e. The van der Waals surface area contributed by atoms with Gasteiger partial charge in [-0.3, -0.25) is 0 Å². The molecule has 0 heterocycles. The molecule has 90 valence electrons. The molecule has 1 aromatic carbocycles. The van der Waals surface area contributed by atoms with E-state index in [9.17, 15) is 0 Å². The third-order valence-electron chi connectivity index (χ3n) is 3.13. The van der Waals surface area contributed by atoms with E-state index in [1.54, 1.807) is 0 Å². The predicted molar refractivity (Wildman–Crippen MR) is 68.6 cm³/mol. The van der Waals surface area contributed by atoms with Gasteiger partial charge >= 0.3 is 0 Å². The molecular weight excluding hydrogens is 198 g/mol. The maximum atomic E-state index is 9.17. The molecule has 0 aliphatic rings. The topological polar surface area (TPSA) is 46.2 Å². The van der Waals surface area contributed by atoms with Crippen molar-refractivity contribution in [3.8, 4) is 0 Å². The fraction of sp³-hybridized carbons (Fsp3) is 0.571. The molecule has 0 saturated carbocycles. The fourth-order valence-electron chi connectivity index (χ4n) is 2.19. The average Bonchev–Trinajstić information content (AvgIpc) is 2.17. The van der Waals surface area contributed by atoms with Crippen LogP contribution in [0.25, 0.3) is 0 Å². The van der Waals surface area contributed by atoms with Gasteiger partial charge in [0, 0.05) is 18.1 Å². The molecule has 3 N–H and O–H groups in total. The molecule has 0 fully saturated rings. The second kappa shape index (κ2) is 4.98. The molecule has 0 saturated heterocycles. The van der Waals surface area contributed by atoms with Gasteiger partial charge in [-0.1, -0.05) is 23.8 Å². The highest BCUT2D eigenvalue weighted by atomic mass is 16.3. The van der Waals surface area contributed by atoms with E-state index in [-0.39, 0.29) is 18.1 Å². The van der Waals surface area contributed by atoms with Gasteiger partial charge in [0.15, 0.2) is 0 Å². The van der Waals surface area contributed by atoms with Crippen LogP contribution in [0.3, 0.4) is 0 Å². The van der Waals surface area contributed by atoms with Crippen LogP contribution in [0.4, 0.5) is 0 Å². The summed E-state index contributed by atoms with van der Waals surface area (Å²) in [4.78, 5) is 0. The van der Waals surface area contributed by atoms with Crippen molar-refractivity contribution in [3.05, 3.63) is 34.9 Å². The zero-order valence-electron chi connectivity index (χ0n) is 10.7. The Morgan fingerprint density at radius 1 is 1.31 bits per heavy atom. The van der Waals surface area contributed by atoms with Gasteiger partial charge in [-0.05, 0) is 45.2 Å². The third-order valence-corrected chi connectivity index (χ3v) is 3.13. The van der Waals surface area contributed by atoms with Crippen LogP contribution < -0.4 is 5.73 Å². The molecule has 0 aliphatic heterocycles. The van der Waals surface area contributed by atoms with E-state index in [2.05, 4.69) is 32.0 Å². The van der Waals surface area contributed by atoms with Crippen LogP contribution in [0.15, 0.2) is 18.2 Å². The summed E-state index contributed by atoms with van der Waals surface area (Å²) in [7, 11) is 0. The van der Waals surface area contributed by atoms with Gasteiger partial charge in [0.05, 0.1) is 0 Å². The highest BCUT2D eigenvalue weighted by Crippen LogP contribution is 2.32. The number of aliphatic hydroxyl groups is 1. The van der Waals surface area contributed by atoms with E-state index in [0.29, 0.717) is 6.42 Å². The monoisotopic (exact) mass is 221 g/mol. The van der Waals surface area contributed by atoms with Gasteiger partial charge in [-0.15, -0.1) is 0 Å². The number of aliphatic hydroxyl groups excluding tert-OH is 1. The van der Waals surface area contributed by atoms with Crippen molar-refractivity contribution in [3.63, 3.8) is 0 Å². The molecule has 1 rings (SSSR count). The van der Waals surface area contributed by atoms with E-state index in [1.807, 2.05) is 13.8 Å². The number of hydrogen-bond donors (Lipinski definition) is 2. The highest BCUT2D eigenvalue weighted by Gasteiger charge is 2.27. The van der Waals surface area contributed by atoms with E-state index >= 15 is 0 Å². The molecule has 0 aromatic heterocycles. The van der Waals surface area contributed by atoms with Crippen molar-refractivity contribution in [2.75, 3.05) is 6.61 Å². The first-order valence-electron chi connectivity index (χ1n) is 5.83. The lowest BCUT2D eigenvalue weighted by Gasteiger charge is -2.32. The molecule has 1 unspecified atom stereocenters. The Morgan fingerprint density at radius 2 is 1.94 bits per heavy atom. The van der Waals surface area contributed by atoms with Crippen LogP contribution >= 0.6 is 0 Å². The van der Waals surface area contributed by atoms with Crippen LogP contribution in [0, 0.1) is 13.8 Å². The van der Waals surface area contributed by atoms with Crippen molar-refractivity contribution in [2.45, 2.75) is 45.6 Å². The van der Waals surface area contributed by atoms with E-state index in [0.717, 1.165) is 0 Å². The highest BCUT2D eigenvalue weighted by molar-refractivity contribution is 5.35. The number of benzene rings is 1. The summed E-state index contributed by atoms with van der Waals surface area (Å²) in [5.41, 5.74) is 9.66. The van der Waals surface area contributed by atoms with Crippen molar-refractivity contribution < 1.29 is 5.11 Å². The van der Waals surface area contributed by atoms with Gasteiger partial charge in [-0.25, -0.2) is 0 Å². The summed E-state index contributed by atoms with van der Waals surface area (Å²) in [5, 5.41) is 9.17. The molecule has 0 radical (unpaired) electrons. The quantitative estimate of drug-likeness (QED) is 0.820. The largest absolute Gasteiger partial charge is 0.396 e. The van der Waals surface area contributed by atoms with Gasteiger partial charge in [0.25, 0.3) is 0 Å². The second-order valence-corrected chi connectivity index (χ2v) is 5.25. The fourth-order valence-corrected chi connectivity index (χ4v) is 2.19. The minimum absolute atomic E-state index is 0.179. The number of aryl methyl sites for hydroxylation is 2. The Bertz CT molecular complexity index is 352. The predicted octanol–water partition coefficient (Wildman–Crippen LogP) is 2.51. The molecule has 1 aromatic rings. The lowest BCUT2D eigenvalue weighted by Crippen LogP contribution is -2.40. The van der Waals surface area contributed by atoms with Gasteiger partial charge in [0.2, 0.25) is 0 Å². The first-order chi connectivity index (χ1) is 7.36. The summed E-state index contributed by atoms with van der Waals surface area (Å²) in [6, 6.07) is 6.42. The summed E-state index contributed by atoms with van der Waals surface area (Å²) in [6.45, 7) is 8.41. The van der Waals surface area contributed by atoms with Crippen LogP contribution in [0.1, 0.15) is 42.9 Å². The molecule has 2 heteroatoms. The molecule has 0 aliphatic carbocycles. The van der Waals surface area contributed by atoms with Crippen LogP contribution in [-0.4, -0.2) is 17.3 Å². The molecular formula is C14H23NO. The van der Waals surface area contributed by atoms with Crippen LogP contribution in [0.2, 0.25) is 0 Å². The summed E-state index contributed by atoms with van der Waals surface area (Å²) in [6.07, 6.45) is 0.716. The third kappa shape index (κ3) is 3.06. The van der Waals surface area contributed by atoms with Crippen molar-refractivity contribution in [2.24, 2.45) is 5.73 Å². The number of rotatable bonds is 4. The van der Waals surface area contributed by atoms with E-state index < -0.39 is 0 Å². The minimum Gasteiger partial charge on any atom is -0.396 e. The average molecular weight is 221 g/mol. The zero-order valence-corrected chi connectivity index (χ0v) is 10.7. The molecule has 0 bridgehead atoms. The SMILES string of the molecule is Cc1ccc(C)c(C(CCO)C(C)(C)N)c1. The molecule has 2 nitrogen and oxygen atoms in total.